The van der Waals surface area contributed by atoms with Gasteiger partial charge in [0.15, 0.2) is 0 Å². The van der Waals surface area contributed by atoms with Crippen LogP contribution in [0.1, 0.15) is 31.7 Å². The van der Waals surface area contributed by atoms with Crippen molar-refractivity contribution < 1.29 is 22.7 Å². The largest absolute Gasteiger partial charge is 0.480 e. The van der Waals surface area contributed by atoms with E-state index in [0.29, 0.717) is 6.42 Å². The highest BCUT2D eigenvalue weighted by Crippen LogP contribution is 2.18. The molecular weight excluding hydrogens is 365 g/mol. The van der Waals surface area contributed by atoms with E-state index in [1.807, 2.05) is 6.92 Å². The standard InChI is InChI=1S/C13H17BrFNO4S/c1-2-3-4-12(13(17)18)16-21(19,20)8-9-5-6-10(14)11(15)7-9/h5-7,12,16H,2-4,8H2,1H3,(H,17,18)/t12-/m0/s1. The van der Waals surface area contributed by atoms with Crippen LogP contribution >= 0.6 is 15.9 Å². The first-order chi connectivity index (χ1) is 9.75. The molecule has 0 heterocycles. The number of carboxylic acids is 1. The van der Waals surface area contributed by atoms with Crippen molar-refractivity contribution in [3.63, 3.8) is 0 Å². The van der Waals surface area contributed by atoms with Gasteiger partial charge in [-0.05, 0) is 40.0 Å². The minimum atomic E-state index is -3.85. The molecule has 1 rings (SSSR count). The van der Waals surface area contributed by atoms with E-state index in [4.69, 9.17) is 5.11 Å². The summed E-state index contributed by atoms with van der Waals surface area (Å²) >= 11 is 2.98. The molecule has 21 heavy (non-hydrogen) atoms. The number of hydrogen-bond donors (Lipinski definition) is 2. The van der Waals surface area contributed by atoms with Crippen LogP contribution in [0.2, 0.25) is 0 Å². The third-order valence-electron chi connectivity index (χ3n) is 2.81. The Hall–Kier alpha value is -0.990. The van der Waals surface area contributed by atoms with Gasteiger partial charge in [-0.1, -0.05) is 25.8 Å². The summed E-state index contributed by atoms with van der Waals surface area (Å²) < 4.78 is 39.7. The summed E-state index contributed by atoms with van der Waals surface area (Å²) in [6.45, 7) is 1.89. The zero-order valence-electron chi connectivity index (χ0n) is 11.5. The highest BCUT2D eigenvalue weighted by molar-refractivity contribution is 9.10. The van der Waals surface area contributed by atoms with E-state index in [-0.39, 0.29) is 16.5 Å². The van der Waals surface area contributed by atoms with E-state index in [0.717, 1.165) is 12.5 Å². The molecule has 0 bridgehead atoms. The Kier molecular flexibility index (Phi) is 6.76. The van der Waals surface area contributed by atoms with Gasteiger partial charge in [-0.3, -0.25) is 4.79 Å². The lowest BCUT2D eigenvalue weighted by molar-refractivity contribution is -0.139. The zero-order valence-corrected chi connectivity index (χ0v) is 13.9. The van der Waals surface area contributed by atoms with E-state index in [9.17, 15) is 17.6 Å². The third-order valence-corrected chi connectivity index (χ3v) is 4.81. The molecule has 0 amide bonds. The van der Waals surface area contributed by atoms with Crippen molar-refractivity contribution >= 4 is 31.9 Å². The van der Waals surface area contributed by atoms with E-state index in [1.54, 1.807) is 0 Å². The van der Waals surface area contributed by atoms with Crippen molar-refractivity contribution in [1.29, 1.82) is 0 Å². The minimum Gasteiger partial charge on any atom is -0.480 e. The summed E-state index contributed by atoms with van der Waals surface area (Å²) in [6.07, 6.45) is 1.59. The molecular formula is C13H17BrFNO4S. The average molecular weight is 382 g/mol. The number of nitrogens with one attached hydrogen (secondary N) is 1. The molecule has 0 aliphatic carbocycles. The lowest BCUT2D eigenvalue weighted by Crippen LogP contribution is -2.41. The van der Waals surface area contributed by atoms with Crippen molar-refractivity contribution in [2.45, 2.75) is 38.0 Å². The van der Waals surface area contributed by atoms with Gasteiger partial charge in [-0.25, -0.2) is 17.5 Å². The number of hydrogen-bond acceptors (Lipinski definition) is 3. The quantitative estimate of drug-likeness (QED) is 0.724. The van der Waals surface area contributed by atoms with E-state index in [2.05, 4.69) is 20.7 Å². The van der Waals surface area contributed by atoms with Crippen LogP contribution in [-0.4, -0.2) is 25.5 Å². The Bertz CT molecular complexity index is 606. The number of carboxylic acid groups (broad SMARTS) is 1. The number of aliphatic carboxylic acids is 1. The molecule has 1 atom stereocenters. The number of benzene rings is 1. The van der Waals surface area contributed by atoms with Crippen LogP contribution in [0.15, 0.2) is 22.7 Å². The van der Waals surface area contributed by atoms with Gasteiger partial charge in [0.1, 0.15) is 11.9 Å². The van der Waals surface area contributed by atoms with Gasteiger partial charge in [0, 0.05) is 0 Å². The fourth-order valence-electron chi connectivity index (χ4n) is 1.75. The molecule has 1 aromatic carbocycles. The maximum Gasteiger partial charge on any atom is 0.321 e. The zero-order chi connectivity index (χ0) is 16.0. The molecule has 0 saturated heterocycles. The normalized spacial score (nSPS) is 13.1. The maximum absolute atomic E-state index is 13.4. The van der Waals surface area contributed by atoms with Gasteiger partial charge in [-0.15, -0.1) is 0 Å². The Morgan fingerprint density at radius 3 is 2.67 bits per heavy atom. The van der Waals surface area contributed by atoms with Crippen LogP contribution in [0.4, 0.5) is 4.39 Å². The van der Waals surface area contributed by atoms with Crippen LogP contribution in [0.25, 0.3) is 0 Å². The van der Waals surface area contributed by atoms with Crippen LogP contribution in [0.3, 0.4) is 0 Å². The van der Waals surface area contributed by atoms with Crippen molar-refractivity contribution in [2.24, 2.45) is 0 Å². The van der Waals surface area contributed by atoms with Crippen molar-refractivity contribution in [2.75, 3.05) is 0 Å². The topological polar surface area (TPSA) is 83.5 Å². The average Bonchev–Trinajstić information content (AvgIpc) is 2.38. The third kappa shape index (κ3) is 6.11. The summed E-state index contributed by atoms with van der Waals surface area (Å²) in [5.74, 6) is -2.25. The van der Waals surface area contributed by atoms with Crippen LogP contribution in [-0.2, 0) is 20.6 Å². The molecule has 0 aliphatic rings. The number of unbranched alkanes of at least 4 members (excludes halogenated alkanes) is 1. The van der Waals surface area contributed by atoms with E-state index < -0.39 is 33.6 Å². The fourth-order valence-corrected chi connectivity index (χ4v) is 3.35. The first-order valence-electron chi connectivity index (χ1n) is 6.42. The second-order valence-electron chi connectivity index (χ2n) is 4.66. The number of rotatable bonds is 8. The minimum absolute atomic E-state index is 0.222. The maximum atomic E-state index is 13.4. The monoisotopic (exact) mass is 381 g/mol. The fraction of sp³-hybridized carbons (Fsp3) is 0.462. The molecule has 0 aliphatic heterocycles. The lowest BCUT2D eigenvalue weighted by atomic mass is 10.1. The first kappa shape index (κ1) is 18.1. The predicted molar refractivity (Wildman–Crippen MR) is 80.8 cm³/mol. The Morgan fingerprint density at radius 1 is 1.48 bits per heavy atom. The summed E-state index contributed by atoms with van der Waals surface area (Å²) in [5.41, 5.74) is 0.253. The van der Waals surface area contributed by atoms with Crippen molar-refractivity contribution in [3.05, 3.63) is 34.1 Å². The summed E-state index contributed by atoms with van der Waals surface area (Å²) in [5, 5.41) is 9.02. The summed E-state index contributed by atoms with van der Waals surface area (Å²) in [7, 11) is -3.85. The van der Waals surface area contributed by atoms with Crippen LogP contribution < -0.4 is 4.72 Å². The van der Waals surface area contributed by atoms with Crippen molar-refractivity contribution in [3.8, 4) is 0 Å². The molecule has 8 heteroatoms. The Balaban J connectivity index is 2.79. The molecule has 0 aromatic heterocycles. The van der Waals surface area contributed by atoms with Crippen LogP contribution in [0, 0.1) is 5.82 Å². The second kappa shape index (κ2) is 7.86. The summed E-state index contributed by atoms with van der Waals surface area (Å²) in [6, 6.07) is 2.82. The molecule has 118 valence electrons. The van der Waals surface area contributed by atoms with Gasteiger partial charge in [0.2, 0.25) is 10.0 Å². The van der Waals surface area contributed by atoms with Gasteiger partial charge in [-0.2, -0.15) is 0 Å². The molecule has 1 aromatic rings. The highest BCUT2D eigenvalue weighted by atomic mass is 79.9. The van der Waals surface area contributed by atoms with Crippen LogP contribution in [0.5, 0.6) is 0 Å². The summed E-state index contributed by atoms with van der Waals surface area (Å²) in [4.78, 5) is 11.0. The molecule has 0 saturated carbocycles. The number of sulfonamides is 1. The van der Waals surface area contributed by atoms with Gasteiger partial charge < -0.3 is 5.11 Å². The van der Waals surface area contributed by atoms with Gasteiger partial charge in [0.25, 0.3) is 0 Å². The molecule has 2 N–H and O–H groups in total. The number of halogens is 2. The smallest absolute Gasteiger partial charge is 0.321 e. The van der Waals surface area contributed by atoms with Gasteiger partial charge >= 0.3 is 5.97 Å². The molecule has 0 unspecified atom stereocenters. The Morgan fingerprint density at radius 2 is 2.14 bits per heavy atom. The predicted octanol–water partition coefficient (Wildman–Crippen LogP) is 2.65. The van der Waals surface area contributed by atoms with E-state index >= 15 is 0 Å². The number of carbonyl (C=O) groups is 1. The highest BCUT2D eigenvalue weighted by Gasteiger charge is 2.23. The second-order valence-corrected chi connectivity index (χ2v) is 7.27. The van der Waals surface area contributed by atoms with Crippen molar-refractivity contribution in [1.82, 2.24) is 4.72 Å². The van der Waals surface area contributed by atoms with Gasteiger partial charge in [0.05, 0.1) is 10.2 Å². The Labute approximate surface area is 131 Å². The molecule has 0 radical (unpaired) electrons. The lowest BCUT2D eigenvalue weighted by Gasteiger charge is -2.14. The first-order valence-corrected chi connectivity index (χ1v) is 8.86. The van der Waals surface area contributed by atoms with E-state index in [1.165, 1.54) is 12.1 Å². The molecule has 5 nitrogen and oxygen atoms in total. The molecule has 0 fully saturated rings. The SMILES string of the molecule is CCCC[C@H](NS(=O)(=O)Cc1ccc(Br)c(F)c1)C(=O)O. The molecule has 0 spiro atoms.